The van der Waals surface area contributed by atoms with Gasteiger partial charge in [-0.2, -0.15) is 0 Å². The monoisotopic (exact) mass is 471 g/mol. The van der Waals surface area contributed by atoms with Crippen LogP contribution in [0.25, 0.3) is 0 Å². The molecule has 2 rings (SSSR count). The summed E-state index contributed by atoms with van der Waals surface area (Å²) in [6, 6.07) is 3.36. The molecule has 2 unspecified atom stereocenters. The third-order valence-corrected chi connectivity index (χ3v) is 5.08. The number of pyridine rings is 1. The second kappa shape index (κ2) is 12.3. The predicted octanol–water partition coefficient (Wildman–Crippen LogP) is 1.08. The molecule has 1 aromatic rings. The smallest absolute Gasteiger partial charge is 0.336 e. The highest BCUT2D eigenvalue weighted by atomic mass is 35.5. The van der Waals surface area contributed by atoms with Crippen LogP contribution in [0.2, 0.25) is 0 Å². The lowest BCUT2D eigenvalue weighted by atomic mass is 9.96. The van der Waals surface area contributed by atoms with Crippen molar-refractivity contribution in [2.75, 3.05) is 26.2 Å². The Labute approximate surface area is 189 Å². The molecule has 0 aromatic carbocycles. The Balaban J connectivity index is 2.02. The van der Waals surface area contributed by atoms with Crippen LogP contribution in [-0.2, 0) is 24.0 Å². The summed E-state index contributed by atoms with van der Waals surface area (Å²) in [4.78, 5) is 45.7. The van der Waals surface area contributed by atoms with E-state index in [-0.39, 0.29) is 11.8 Å². The highest BCUT2D eigenvalue weighted by Crippen LogP contribution is 2.18. The van der Waals surface area contributed by atoms with Crippen LogP contribution >= 0.6 is 11.6 Å². The number of hydrogen-bond acceptors (Lipinski definition) is 9. The lowest BCUT2D eigenvalue weighted by molar-refractivity contribution is -0.175. The number of aliphatic hydroxyl groups is 1. The number of esters is 1. The number of nitrogens with zero attached hydrogens (tertiary/aromatic N) is 3. The summed E-state index contributed by atoms with van der Waals surface area (Å²) >= 11 is 6.07. The normalized spacial score (nSPS) is 17.8. The first-order valence-electron chi connectivity index (χ1n) is 10.0. The van der Waals surface area contributed by atoms with E-state index in [2.05, 4.69) is 15.0 Å². The zero-order valence-electron chi connectivity index (χ0n) is 17.4. The molecule has 32 heavy (non-hydrogen) atoms. The van der Waals surface area contributed by atoms with Crippen LogP contribution in [0.4, 0.5) is 0 Å². The van der Waals surface area contributed by atoms with Gasteiger partial charge in [0.1, 0.15) is 0 Å². The number of halogens is 1. The second-order valence-electron chi connectivity index (χ2n) is 7.48. The first kappa shape index (κ1) is 25.5. The number of carbonyl (C=O) groups excluding carboxylic acids is 1. The summed E-state index contributed by atoms with van der Waals surface area (Å²) in [5, 5.41) is 31.9. The van der Waals surface area contributed by atoms with E-state index in [9.17, 15) is 19.5 Å². The maximum absolute atomic E-state index is 12.3. The first-order chi connectivity index (χ1) is 15.2. The Morgan fingerprint density at radius 3 is 2.53 bits per heavy atom. The van der Waals surface area contributed by atoms with E-state index in [1.807, 2.05) is 0 Å². The summed E-state index contributed by atoms with van der Waals surface area (Å²) in [7, 11) is 0. The summed E-state index contributed by atoms with van der Waals surface area (Å²) < 4.78 is 5.32. The van der Waals surface area contributed by atoms with Crippen LogP contribution in [0.5, 0.6) is 0 Å². The standard InChI is InChI=1S/C20H26ClN3O8/c21-18(14-5-4-6-22-11-14)23-31-13-15(12-24-7-2-1-3-8-24)32-17(27)10-20(30,19(28)29)9-16(25)26/h4-6,11,15,30H,1-3,7-10,12-13H2,(H,25,26)(H,28,29). The Hall–Kier alpha value is -2.76. The van der Waals surface area contributed by atoms with E-state index in [4.69, 9.17) is 31.4 Å². The number of carbonyl (C=O) groups is 3. The summed E-state index contributed by atoms with van der Waals surface area (Å²) in [5.41, 5.74) is -2.25. The van der Waals surface area contributed by atoms with Crippen LogP contribution in [0.15, 0.2) is 29.7 Å². The number of oxime groups is 1. The van der Waals surface area contributed by atoms with Crippen molar-refractivity contribution in [2.24, 2.45) is 5.16 Å². The van der Waals surface area contributed by atoms with Gasteiger partial charge in [0, 0.05) is 24.5 Å². The summed E-state index contributed by atoms with van der Waals surface area (Å²) in [5.74, 6) is -4.45. The van der Waals surface area contributed by atoms with Crippen molar-refractivity contribution in [1.82, 2.24) is 9.88 Å². The third-order valence-electron chi connectivity index (χ3n) is 4.79. The molecule has 1 fully saturated rings. The average Bonchev–Trinajstić information content (AvgIpc) is 2.74. The molecule has 2 atom stereocenters. The Morgan fingerprint density at radius 1 is 1.22 bits per heavy atom. The zero-order valence-corrected chi connectivity index (χ0v) is 18.1. The molecule has 0 amide bonds. The van der Waals surface area contributed by atoms with Gasteiger partial charge in [0.2, 0.25) is 0 Å². The van der Waals surface area contributed by atoms with E-state index in [0.717, 1.165) is 32.4 Å². The van der Waals surface area contributed by atoms with Gasteiger partial charge in [-0.1, -0.05) is 23.2 Å². The van der Waals surface area contributed by atoms with Gasteiger partial charge in [-0.05, 0) is 38.1 Å². The van der Waals surface area contributed by atoms with Gasteiger partial charge in [0.25, 0.3) is 0 Å². The van der Waals surface area contributed by atoms with E-state index in [1.165, 1.54) is 6.20 Å². The van der Waals surface area contributed by atoms with Crippen molar-refractivity contribution in [3.8, 4) is 0 Å². The quantitative estimate of drug-likeness (QED) is 0.228. The number of aliphatic carboxylic acids is 2. The van der Waals surface area contributed by atoms with Crippen LogP contribution in [0.3, 0.4) is 0 Å². The number of hydrogen-bond donors (Lipinski definition) is 3. The SMILES string of the molecule is O=C(O)CC(O)(CC(=O)OC(CON=C(Cl)c1cccnc1)CN1CCCCC1)C(=O)O. The zero-order chi connectivity index (χ0) is 23.6. The maximum Gasteiger partial charge on any atom is 0.336 e. The van der Waals surface area contributed by atoms with Crippen LogP contribution in [0.1, 0.15) is 37.7 Å². The highest BCUT2D eigenvalue weighted by Gasteiger charge is 2.42. The Morgan fingerprint density at radius 2 is 1.94 bits per heavy atom. The molecule has 0 spiro atoms. The minimum atomic E-state index is -2.78. The van der Waals surface area contributed by atoms with Gasteiger partial charge in [0.05, 0.1) is 12.8 Å². The number of rotatable bonds is 12. The molecule has 1 aromatic heterocycles. The van der Waals surface area contributed by atoms with Gasteiger partial charge in [-0.15, -0.1) is 0 Å². The molecule has 11 nitrogen and oxygen atoms in total. The number of carboxylic acids is 2. The topological polar surface area (TPSA) is 159 Å². The van der Waals surface area contributed by atoms with E-state index < -0.39 is 42.5 Å². The van der Waals surface area contributed by atoms with Crippen molar-refractivity contribution >= 4 is 34.7 Å². The molecule has 2 heterocycles. The van der Waals surface area contributed by atoms with Gasteiger partial charge >= 0.3 is 17.9 Å². The van der Waals surface area contributed by atoms with Crippen LogP contribution < -0.4 is 0 Å². The minimum Gasteiger partial charge on any atom is -0.481 e. The van der Waals surface area contributed by atoms with Gasteiger partial charge in [-0.25, -0.2) is 4.79 Å². The molecular formula is C20H26ClN3O8. The number of piperidine rings is 1. The number of carboxylic acid groups (broad SMARTS) is 2. The minimum absolute atomic E-state index is 0.0443. The predicted molar refractivity (Wildman–Crippen MR) is 112 cm³/mol. The number of aromatic nitrogens is 1. The molecule has 1 aliphatic heterocycles. The Bertz CT molecular complexity index is 816. The van der Waals surface area contributed by atoms with Crippen molar-refractivity contribution < 1.29 is 39.3 Å². The molecule has 1 aliphatic rings. The molecule has 0 saturated carbocycles. The third kappa shape index (κ3) is 8.40. The average molecular weight is 472 g/mol. The lowest BCUT2D eigenvalue weighted by Crippen LogP contribution is -2.45. The van der Waals surface area contributed by atoms with E-state index in [0.29, 0.717) is 12.1 Å². The number of ether oxygens (including phenoxy) is 1. The van der Waals surface area contributed by atoms with Gasteiger partial charge in [-0.3, -0.25) is 19.5 Å². The van der Waals surface area contributed by atoms with Crippen molar-refractivity contribution in [1.29, 1.82) is 0 Å². The first-order valence-corrected chi connectivity index (χ1v) is 10.4. The molecule has 0 aliphatic carbocycles. The lowest BCUT2D eigenvalue weighted by Gasteiger charge is -2.30. The fraction of sp³-hybridized carbons (Fsp3) is 0.550. The van der Waals surface area contributed by atoms with Gasteiger partial charge in [0.15, 0.2) is 23.5 Å². The van der Waals surface area contributed by atoms with E-state index in [1.54, 1.807) is 18.3 Å². The molecule has 3 N–H and O–H groups in total. The van der Waals surface area contributed by atoms with Crippen LogP contribution in [-0.4, -0.2) is 86.2 Å². The van der Waals surface area contributed by atoms with Crippen LogP contribution in [0, 0.1) is 0 Å². The summed E-state index contributed by atoms with van der Waals surface area (Å²) in [6.45, 7) is 1.72. The molecule has 176 valence electrons. The van der Waals surface area contributed by atoms with E-state index >= 15 is 0 Å². The highest BCUT2D eigenvalue weighted by molar-refractivity contribution is 6.69. The fourth-order valence-corrected chi connectivity index (χ4v) is 3.36. The van der Waals surface area contributed by atoms with Crippen molar-refractivity contribution in [3.63, 3.8) is 0 Å². The molecule has 0 bridgehead atoms. The molecule has 1 saturated heterocycles. The molecular weight excluding hydrogens is 446 g/mol. The maximum atomic E-state index is 12.3. The fourth-order valence-electron chi connectivity index (χ4n) is 3.20. The number of likely N-dealkylation sites (tertiary alicyclic amines) is 1. The largest absolute Gasteiger partial charge is 0.481 e. The van der Waals surface area contributed by atoms with Crippen molar-refractivity contribution in [2.45, 2.75) is 43.8 Å². The van der Waals surface area contributed by atoms with Gasteiger partial charge < -0.3 is 24.9 Å². The molecule has 0 radical (unpaired) electrons. The molecule has 12 heteroatoms. The summed E-state index contributed by atoms with van der Waals surface area (Å²) in [6.07, 6.45) is 3.14. The second-order valence-corrected chi connectivity index (χ2v) is 7.83. The van der Waals surface area contributed by atoms with Crippen molar-refractivity contribution in [3.05, 3.63) is 30.1 Å². The Kier molecular flexibility index (Phi) is 9.82.